The van der Waals surface area contributed by atoms with E-state index in [4.69, 9.17) is 0 Å². The minimum absolute atomic E-state index is 0.545. The van der Waals surface area contributed by atoms with Crippen molar-refractivity contribution in [2.24, 2.45) is 0 Å². The van der Waals surface area contributed by atoms with Gasteiger partial charge in [0, 0.05) is 6.54 Å². The van der Waals surface area contributed by atoms with Crippen LogP contribution >= 0.6 is 0 Å². The molecule has 0 spiro atoms. The smallest absolute Gasteiger partial charge is 0.134 e. The number of hydrogen-bond acceptors (Lipinski definition) is 3. The number of rotatable bonds is 6. The van der Waals surface area contributed by atoms with Gasteiger partial charge < -0.3 is 10.3 Å². The molecule has 0 aliphatic rings. The minimum Gasteiger partial charge on any atom is -0.374 e. The zero-order valence-electron chi connectivity index (χ0n) is 8.38. The van der Waals surface area contributed by atoms with Crippen molar-refractivity contribution in [1.29, 1.82) is 0 Å². The molecular formula is C9H21NO2. The van der Waals surface area contributed by atoms with Crippen LogP contribution in [0.3, 0.4) is 0 Å². The Bertz CT molecular complexity index is 110. The van der Waals surface area contributed by atoms with E-state index in [1.807, 2.05) is 0 Å². The van der Waals surface area contributed by atoms with E-state index in [1.54, 1.807) is 13.8 Å². The number of aliphatic hydroxyl groups is 1. The largest absolute Gasteiger partial charge is 0.374 e. The quantitative estimate of drug-likeness (QED) is 0.368. The summed E-state index contributed by atoms with van der Waals surface area (Å²) in [5.41, 5.74) is -1.10. The van der Waals surface area contributed by atoms with Gasteiger partial charge in [-0.1, -0.05) is 26.2 Å². The van der Waals surface area contributed by atoms with Crippen molar-refractivity contribution in [2.45, 2.75) is 52.2 Å². The lowest BCUT2D eigenvalue weighted by Gasteiger charge is -2.27. The number of unbranched alkanes of at least 4 members (excludes halogenated alkanes) is 3. The molecule has 0 fully saturated rings. The Morgan fingerprint density at radius 3 is 2.17 bits per heavy atom. The molecule has 0 saturated carbocycles. The monoisotopic (exact) mass is 175 g/mol. The zero-order chi connectivity index (χ0) is 9.61. The number of nitrogens with zero attached hydrogens (tertiary/aromatic N) is 1. The lowest BCUT2D eigenvalue weighted by molar-refractivity contribution is -0.245. The van der Waals surface area contributed by atoms with Crippen LogP contribution in [0.25, 0.3) is 0 Å². The van der Waals surface area contributed by atoms with E-state index < -0.39 is 5.72 Å². The maximum Gasteiger partial charge on any atom is 0.134 e. The molecule has 0 radical (unpaired) electrons. The summed E-state index contributed by atoms with van der Waals surface area (Å²) in [6, 6.07) is 0. The van der Waals surface area contributed by atoms with Crippen molar-refractivity contribution in [3.05, 3.63) is 0 Å². The van der Waals surface area contributed by atoms with E-state index in [0.717, 1.165) is 17.9 Å². The maximum absolute atomic E-state index is 9.32. The van der Waals surface area contributed by atoms with E-state index in [1.165, 1.54) is 12.8 Å². The molecule has 3 nitrogen and oxygen atoms in total. The zero-order valence-corrected chi connectivity index (χ0v) is 8.38. The van der Waals surface area contributed by atoms with Gasteiger partial charge in [0.25, 0.3) is 0 Å². The molecule has 0 aromatic rings. The molecule has 0 atom stereocenters. The van der Waals surface area contributed by atoms with Crippen LogP contribution in [0.1, 0.15) is 46.5 Å². The fourth-order valence-electron chi connectivity index (χ4n) is 0.962. The molecule has 12 heavy (non-hydrogen) atoms. The van der Waals surface area contributed by atoms with Crippen LogP contribution in [-0.2, 0) is 0 Å². The summed E-state index contributed by atoms with van der Waals surface area (Å²) in [6.45, 7) is 5.84. The first-order chi connectivity index (χ1) is 5.48. The third kappa shape index (κ3) is 5.52. The highest BCUT2D eigenvalue weighted by atomic mass is 16.5. The van der Waals surface area contributed by atoms with Crippen LogP contribution in [0.4, 0.5) is 0 Å². The Hall–Kier alpha value is -0.120. The molecule has 0 aromatic heterocycles. The third-order valence-corrected chi connectivity index (χ3v) is 1.86. The fourth-order valence-corrected chi connectivity index (χ4v) is 0.962. The van der Waals surface area contributed by atoms with E-state index >= 15 is 0 Å². The van der Waals surface area contributed by atoms with E-state index in [0.29, 0.717) is 6.54 Å². The predicted molar refractivity (Wildman–Crippen MR) is 48.9 cm³/mol. The highest BCUT2D eigenvalue weighted by molar-refractivity contribution is 4.59. The average Bonchev–Trinajstić information content (AvgIpc) is 1.96. The summed E-state index contributed by atoms with van der Waals surface area (Å²) in [5, 5.41) is 19.6. The molecule has 0 saturated heterocycles. The van der Waals surface area contributed by atoms with Gasteiger partial charge in [0.15, 0.2) is 0 Å². The predicted octanol–water partition coefficient (Wildman–Crippen LogP) is 1.99. The van der Waals surface area contributed by atoms with Gasteiger partial charge in [-0.15, -0.1) is 0 Å². The molecule has 0 amide bonds. The van der Waals surface area contributed by atoms with Gasteiger partial charge in [-0.05, 0) is 20.3 Å². The fraction of sp³-hybridized carbons (Fsp3) is 1.00. The molecular weight excluding hydrogens is 154 g/mol. The first-order valence-corrected chi connectivity index (χ1v) is 4.67. The Balaban J connectivity index is 3.38. The van der Waals surface area contributed by atoms with Crippen LogP contribution in [0.2, 0.25) is 0 Å². The molecule has 0 aliphatic carbocycles. The third-order valence-electron chi connectivity index (χ3n) is 1.86. The van der Waals surface area contributed by atoms with Gasteiger partial charge in [0.05, 0.1) is 0 Å². The Morgan fingerprint density at radius 1 is 1.17 bits per heavy atom. The lowest BCUT2D eigenvalue weighted by Crippen LogP contribution is -2.41. The molecule has 2 N–H and O–H groups in total. The molecule has 0 unspecified atom stereocenters. The van der Waals surface area contributed by atoms with Crippen LogP contribution in [0.5, 0.6) is 0 Å². The van der Waals surface area contributed by atoms with Gasteiger partial charge >= 0.3 is 0 Å². The highest BCUT2D eigenvalue weighted by Crippen LogP contribution is 2.08. The summed E-state index contributed by atoms with van der Waals surface area (Å²) >= 11 is 0. The van der Waals surface area contributed by atoms with Gasteiger partial charge in [0.2, 0.25) is 0 Å². The highest BCUT2D eigenvalue weighted by Gasteiger charge is 2.20. The van der Waals surface area contributed by atoms with Crippen molar-refractivity contribution < 1.29 is 10.3 Å². The summed E-state index contributed by atoms with van der Waals surface area (Å²) < 4.78 is 0. The van der Waals surface area contributed by atoms with E-state index in [-0.39, 0.29) is 0 Å². The molecule has 0 bridgehead atoms. The molecule has 0 aliphatic heterocycles. The van der Waals surface area contributed by atoms with Crippen molar-refractivity contribution in [3.63, 3.8) is 0 Å². The Morgan fingerprint density at radius 2 is 1.75 bits per heavy atom. The number of hydrogen-bond donors (Lipinski definition) is 2. The van der Waals surface area contributed by atoms with E-state index in [9.17, 15) is 10.3 Å². The molecule has 0 rings (SSSR count). The maximum atomic E-state index is 9.32. The standard InChI is InChI=1S/C9H21NO2/c1-4-5-6-7-8-10(12)9(2,3)11/h11-12H,4-8H2,1-3H3. The second-order valence-electron chi connectivity index (χ2n) is 3.68. The lowest BCUT2D eigenvalue weighted by atomic mass is 10.2. The van der Waals surface area contributed by atoms with Gasteiger partial charge in [-0.2, -0.15) is 5.06 Å². The summed E-state index contributed by atoms with van der Waals surface area (Å²) in [4.78, 5) is 0. The van der Waals surface area contributed by atoms with Crippen LogP contribution in [0.15, 0.2) is 0 Å². The van der Waals surface area contributed by atoms with Crippen molar-refractivity contribution in [1.82, 2.24) is 5.06 Å². The van der Waals surface area contributed by atoms with Gasteiger partial charge in [-0.25, -0.2) is 0 Å². The second kappa shape index (κ2) is 5.51. The van der Waals surface area contributed by atoms with Crippen LogP contribution < -0.4 is 0 Å². The molecule has 0 aromatic carbocycles. The molecule has 0 heterocycles. The Kier molecular flexibility index (Phi) is 5.46. The van der Waals surface area contributed by atoms with Crippen LogP contribution in [-0.4, -0.2) is 27.6 Å². The SMILES string of the molecule is CCCCCCN(O)C(C)(C)O. The summed E-state index contributed by atoms with van der Waals surface area (Å²) in [5.74, 6) is 0. The average molecular weight is 175 g/mol. The normalized spacial score (nSPS) is 12.5. The number of hydroxylamine groups is 2. The molecule has 74 valence electrons. The van der Waals surface area contributed by atoms with Crippen LogP contribution in [0, 0.1) is 0 Å². The van der Waals surface area contributed by atoms with Crippen molar-refractivity contribution in [2.75, 3.05) is 6.54 Å². The Labute approximate surface area is 75.0 Å². The minimum atomic E-state index is -1.10. The van der Waals surface area contributed by atoms with Gasteiger partial charge in [0.1, 0.15) is 5.72 Å². The van der Waals surface area contributed by atoms with Crippen molar-refractivity contribution >= 4 is 0 Å². The van der Waals surface area contributed by atoms with Crippen molar-refractivity contribution in [3.8, 4) is 0 Å². The first kappa shape index (κ1) is 11.9. The summed E-state index contributed by atoms with van der Waals surface area (Å²) in [6.07, 6.45) is 4.44. The topological polar surface area (TPSA) is 43.7 Å². The molecule has 3 heteroatoms. The first-order valence-electron chi connectivity index (χ1n) is 4.67. The second-order valence-corrected chi connectivity index (χ2v) is 3.68. The van der Waals surface area contributed by atoms with E-state index in [2.05, 4.69) is 6.92 Å². The summed E-state index contributed by atoms with van der Waals surface area (Å²) in [7, 11) is 0. The van der Waals surface area contributed by atoms with Gasteiger partial charge in [-0.3, -0.25) is 0 Å².